The summed E-state index contributed by atoms with van der Waals surface area (Å²) in [7, 11) is 0. The van der Waals surface area contributed by atoms with Crippen LogP contribution in [0.15, 0.2) is 0 Å². The Balaban J connectivity index is 4.18. The van der Waals surface area contributed by atoms with Crippen molar-refractivity contribution in [3.05, 3.63) is 33.4 Å². The monoisotopic (exact) mass is 316 g/mol. The maximum Gasteiger partial charge on any atom is 0.356 e. The number of hydrogen-bond donors (Lipinski definition) is 0. The summed E-state index contributed by atoms with van der Waals surface area (Å²) in [5.41, 5.74) is -4.70. The first-order valence-electron chi connectivity index (χ1n) is 5.57. The number of carbonyl (C=O) groups excluding carboxylic acids is 2. The fourth-order valence-corrected chi connectivity index (χ4v) is 1.79. The third-order valence-corrected chi connectivity index (χ3v) is 2.63. The van der Waals surface area contributed by atoms with Crippen LogP contribution < -0.4 is 0 Å². The van der Waals surface area contributed by atoms with Crippen LogP contribution in [0.1, 0.15) is 43.0 Å². The van der Waals surface area contributed by atoms with E-state index in [4.69, 9.17) is 26.3 Å². The molecule has 0 saturated heterocycles. The standard InChI is InChI=1S/C14N6O4/c15-1-7-8(2-16)11(13(21)23-5-19)10(4-18)12(9(7)3-17)14(22)24-6-20. The molecule has 0 aliphatic carbocycles. The van der Waals surface area contributed by atoms with E-state index in [0.29, 0.717) is 0 Å². The van der Waals surface area contributed by atoms with Crippen molar-refractivity contribution in [1.82, 2.24) is 0 Å². The Morgan fingerprint density at radius 3 is 1.17 bits per heavy atom. The molecule has 0 spiro atoms. The summed E-state index contributed by atoms with van der Waals surface area (Å²) in [6, 6.07) is 5.77. The smallest absolute Gasteiger partial charge is 0.347 e. The highest BCUT2D eigenvalue weighted by Gasteiger charge is 2.33. The predicted octanol–water partition coefficient (Wildman–Crippen LogP) is 0.449. The van der Waals surface area contributed by atoms with Gasteiger partial charge in [-0.2, -0.15) is 21.0 Å². The van der Waals surface area contributed by atoms with E-state index in [9.17, 15) is 14.9 Å². The number of ether oxygens (including phenoxy) is 2. The molecule has 1 aromatic rings. The van der Waals surface area contributed by atoms with Gasteiger partial charge >= 0.3 is 11.9 Å². The van der Waals surface area contributed by atoms with E-state index in [0.717, 1.165) is 12.5 Å². The summed E-state index contributed by atoms with van der Waals surface area (Å²) in [6.45, 7) is 0. The van der Waals surface area contributed by atoms with Crippen molar-refractivity contribution in [3.63, 3.8) is 0 Å². The van der Waals surface area contributed by atoms with Crippen LogP contribution in [0.5, 0.6) is 0 Å². The first kappa shape index (κ1) is 17.2. The van der Waals surface area contributed by atoms with Crippen molar-refractivity contribution in [3.8, 4) is 36.8 Å². The molecule has 10 heteroatoms. The summed E-state index contributed by atoms with van der Waals surface area (Å²) < 4.78 is 8.07. The molecule has 24 heavy (non-hydrogen) atoms. The topological polar surface area (TPSA) is 195 Å². The van der Waals surface area contributed by atoms with Gasteiger partial charge in [-0.15, -0.1) is 10.5 Å². The van der Waals surface area contributed by atoms with Crippen LogP contribution in [0.25, 0.3) is 0 Å². The summed E-state index contributed by atoms with van der Waals surface area (Å²) in [5.74, 6) is -2.98. The minimum absolute atomic E-state index is 0.700. The second-order valence-corrected chi connectivity index (χ2v) is 3.66. The van der Waals surface area contributed by atoms with Crippen molar-refractivity contribution < 1.29 is 19.1 Å². The first-order valence-corrected chi connectivity index (χ1v) is 5.57. The molecule has 0 aliphatic rings. The van der Waals surface area contributed by atoms with E-state index in [1.807, 2.05) is 0 Å². The molecular formula is C14N6O4. The minimum atomic E-state index is -1.49. The first-order chi connectivity index (χ1) is 11.5. The van der Waals surface area contributed by atoms with Gasteiger partial charge in [0.2, 0.25) is 0 Å². The van der Waals surface area contributed by atoms with E-state index in [-0.39, 0.29) is 0 Å². The molecule has 0 heterocycles. The molecule has 0 aliphatic heterocycles. The summed E-state index contributed by atoms with van der Waals surface area (Å²) in [6.07, 6.45) is 2.05. The molecule has 0 bridgehead atoms. The van der Waals surface area contributed by atoms with Crippen molar-refractivity contribution in [2.45, 2.75) is 0 Å². The van der Waals surface area contributed by atoms with Crippen LogP contribution in [0.3, 0.4) is 0 Å². The Kier molecular flexibility index (Phi) is 5.15. The molecule has 10 nitrogen and oxygen atoms in total. The largest absolute Gasteiger partial charge is 0.356 e. The Labute approximate surface area is 133 Å². The Morgan fingerprint density at radius 1 is 0.583 bits per heavy atom. The number of hydrogen-bond acceptors (Lipinski definition) is 10. The van der Waals surface area contributed by atoms with Crippen LogP contribution in [0.2, 0.25) is 0 Å². The van der Waals surface area contributed by atoms with Crippen LogP contribution in [-0.2, 0) is 9.47 Å². The van der Waals surface area contributed by atoms with Gasteiger partial charge in [-0.25, -0.2) is 9.59 Å². The van der Waals surface area contributed by atoms with Gasteiger partial charge in [0.15, 0.2) is 0 Å². The van der Waals surface area contributed by atoms with Crippen molar-refractivity contribution in [2.75, 3.05) is 0 Å². The summed E-state index contributed by atoms with van der Waals surface area (Å²) >= 11 is 0. The zero-order chi connectivity index (χ0) is 18.3. The lowest BCUT2D eigenvalue weighted by molar-refractivity contribution is 0.0684. The lowest BCUT2D eigenvalue weighted by Gasteiger charge is -2.11. The molecular weight excluding hydrogens is 316 g/mol. The van der Waals surface area contributed by atoms with Gasteiger partial charge in [-0.1, -0.05) is 0 Å². The lowest BCUT2D eigenvalue weighted by Crippen LogP contribution is -2.17. The zero-order valence-electron chi connectivity index (χ0n) is 11.3. The lowest BCUT2D eigenvalue weighted by atomic mass is 9.88. The molecule has 1 rings (SSSR count). The van der Waals surface area contributed by atoms with Gasteiger partial charge in [-0.3, -0.25) is 0 Å². The highest BCUT2D eigenvalue weighted by Crippen LogP contribution is 2.28. The highest BCUT2D eigenvalue weighted by atomic mass is 16.5. The van der Waals surface area contributed by atoms with Crippen molar-refractivity contribution in [1.29, 1.82) is 31.6 Å². The average Bonchev–Trinajstić information content (AvgIpc) is 2.58. The molecule has 0 aromatic heterocycles. The molecule has 0 amide bonds. The van der Waals surface area contributed by atoms with Gasteiger partial charge in [0.05, 0.1) is 33.4 Å². The van der Waals surface area contributed by atoms with Gasteiger partial charge < -0.3 is 9.47 Å². The Hall–Kier alpha value is -4.90. The fraction of sp³-hybridized carbons (Fsp3) is 0. The van der Waals surface area contributed by atoms with E-state index in [1.54, 1.807) is 0 Å². The fourth-order valence-electron chi connectivity index (χ4n) is 1.79. The highest BCUT2D eigenvalue weighted by molar-refractivity contribution is 6.04. The zero-order valence-corrected chi connectivity index (χ0v) is 11.3. The molecule has 0 atom stereocenters. The van der Waals surface area contributed by atoms with Gasteiger partial charge in [0.1, 0.15) is 24.3 Å². The molecule has 110 valence electrons. The SMILES string of the molecule is N#COC(=O)c1c(C#N)c(C#N)c(C#N)c(C(=O)OC#N)c1C#N. The van der Waals surface area contributed by atoms with E-state index < -0.39 is 45.3 Å². The maximum absolute atomic E-state index is 11.8. The number of benzene rings is 1. The van der Waals surface area contributed by atoms with Gasteiger partial charge in [0.25, 0.3) is 12.5 Å². The molecule has 1 aromatic carbocycles. The minimum Gasteiger partial charge on any atom is -0.347 e. The third kappa shape index (κ3) is 2.62. The Bertz CT molecular complexity index is 948. The number of nitrogens with zero attached hydrogens (tertiary/aromatic N) is 6. The van der Waals surface area contributed by atoms with Gasteiger partial charge in [-0.05, 0) is 0 Å². The quantitative estimate of drug-likeness (QED) is 0.545. The van der Waals surface area contributed by atoms with Crippen LogP contribution in [-0.4, -0.2) is 11.9 Å². The molecule has 0 saturated carbocycles. The summed E-state index contributed by atoms with van der Waals surface area (Å²) in [5, 5.41) is 53.4. The number of carbonyl (C=O) groups is 2. The number of nitriles is 6. The van der Waals surface area contributed by atoms with Crippen molar-refractivity contribution >= 4 is 11.9 Å². The van der Waals surface area contributed by atoms with E-state index in [1.165, 1.54) is 24.3 Å². The van der Waals surface area contributed by atoms with Crippen LogP contribution in [0, 0.1) is 68.4 Å². The van der Waals surface area contributed by atoms with Gasteiger partial charge in [0, 0.05) is 0 Å². The number of rotatable bonds is 2. The molecule has 0 radical (unpaired) electrons. The second-order valence-electron chi connectivity index (χ2n) is 3.66. The van der Waals surface area contributed by atoms with E-state index >= 15 is 0 Å². The van der Waals surface area contributed by atoms with Crippen LogP contribution in [0.4, 0.5) is 0 Å². The maximum atomic E-state index is 11.8. The second kappa shape index (κ2) is 7.21. The molecule has 0 N–H and O–H groups in total. The van der Waals surface area contributed by atoms with E-state index in [2.05, 4.69) is 9.47 Å². The van der Waals surface area contributed by atoms with Crippen LogP contribution >= 0.6 is 0 Å². The molecule has 0 unspecified atom stereocenters. The average molecular weight is 316 g/mol. The normalized spacial score (nSPS) is 8.08. The third-order valence-electron chi connectivity index (χ3n) is 2.63. The molecule has 0 fully saturated rings. The summed E-state index contributed by atoms with van der Waals surface area (Å²) in [4.78, 5) is 23.7. The van der Waals surface area contributed by atoms with Crippen molar-refractivity contribution in [2.24, 2.45) is 0 Å². The Morgan fingerprint density at radius 2 is 0.917 bits per heavy atom. The predicted molar refractivity (Wildman–Crippen MR) is 67.4 cm³/mol. The number of esters is 2.